The van der Waals surface area contributed by atoms with Gasteiger partial charge >= 0.3 is 5.97 Å². The molecule has 3 rings (SSSR count). The Hall–Kier alpha value is -1.05. The minimum absolute atomic E-state index is 0.0449. The van der Waals surface area contributed by atoms with Crippen LogP contribution in [-0.4, -0.2) is 12.1 Å². The van der Waals surface area contributed by atoms with E-state index < -0.39 is 0 Å². The summed E-state index contributed by atoms with van der Waals surface area (Å²) in [5.74, 6) is -0.183. The van der Waals surface area contributed by atoms with E-state index in [0.29, 0.717) is 5.57 Å². The summed E-state index contributed by atoms with van der Waals surface area (Å²) in [6.07, 6.45) is 5.79. The molecule has 0 aromatic heterocycles. The smallest absolute Gasteiger partial charge is 0.334 e. The van der Waals surface area contributed by atoms with E-state index in [2.05, 4.69) is 27.4 Å². The third kappa shape index (κ3) is 1.32. The normalized spacial score (nSPS) is 43.6. The lowest BCUT2D eigenvalue weighted by molar-refractivity contribution is -0.139. The van der Waals surface area contributed by atoms with E-state index in [9.17, 15) is 4.79 Å². The van der Waals surface area contributed by atoms with Crippen LogP contribution in [-0.2, 0) is 9.53 Å². The van der Waals surface area contributed by atoms with E-state index in [0.717, 1.165) is 19.3 Å². The highest BCUT2D eigenvalue weighted by atomic mass is 16.6. The molecule has 0 amide bonds. The highest BCUT2D eigenvalue weighted by Gasteiger charge is 2.57. The molecule has 0 spiro atoms. The highest BCUT2D eigenvalue weighted by Crippen LogP contribution is 2.60. The lowest BCUT2D eigenvalue weighted by Crippen LogP contribution is -2.44. The van der Waals surface area contributed by atoms with Crippen molar-refractivity contribution in [2.45, 2.75) is 59.0 Å². The van der Waals surface area contributed by atoms with Crippen LogP contribution in [0.3, 0.4) is 0 Å². The Morgan fingerprint density at radius 3 is 2.72 bits per heavy atom. The number of rotatable bonds is 0. The van der Waals surface area contributed by atoms with Crippen molar-refractivity contribution >= 4 is 5.97 Å². The molecule has 18 heavy (non-hydrogen) atoms. The Bertz CT molecular complexity index is 473. The van der Waals surface area contributed by atoms with Crippen LogP contribution in [0.2, 0.25) is 0 Å². The second-order valence-electron chi connectivity index (χ2n) is 6.79. The van der Waals surface area contributed by atoms with Gasteiger partial charge in [-0.2, -0.15) is 0 Å². The molecule has 0 radical (unpaired) electrons. The van der Waals surface area contributed by atoms with E-state index in [-0.39, 0.29) is 22.9 Å². The average Bonchev–Trinajstić information content (AvgIpc) is 2.53. The van der Waals surface area contributed by atoms with Crippen LogP contribution in [0, 0.1) is 10.8 Å². The molecule has 1 saturated carbocycles. The van der Waals surface area contributed by atoms with Gasteiger partial charge in [-0.3, -0.25) is 0 Å². The average molecular weight is 246 g/mol. The van der Waals surface area contributed by atoms with Crippen LogP contribution in [0.5, 0.6) is 0 Å². The molecule has 0 unspecified atom stereocenters. The number of carbonyl (C=O) groups is 1. The number of fused-ring (bicyclic) bond motifs is 3. The molecule has 0 bridgehead atoms. The number of allylic oxidation sites excluding steroid dienone is 1. The standard InChI is InChI=1S/C16H22O2/c1-10-6-5-7-15(3)8-9-16(4)11(2)14(17)18-13(16)12(10)15/h13H,2,5-9H2,1,3-4H3/t13-,15+,16-/m0/s1. The maximum atomic E-state index is 11.9. The van der Waals surface area contributed by atoms with Gasteiger partial charge in [-0.1, -0.05) is 26.0 Å². The molecule has 0 aromatic carbocycles. The molecule has 2 nitrogen and oxygen atoms in total. The van der Waals surface area contributed by atoms with Gasteiger partial charge in [0.25, 0.3) is 0 Å². The van der Waals surface area contributed by atoms with Gasteiger partial charge in [-0.05, 0) is 50.0 Å². The van der Waals surface area contributed by atoms with E-state index in [1.807, 2.05) is 0 Å². The van der Waals surface area contributed by atoms with Crippen LogP contribution in [0.1, 0.15) is 52.9 Å². The van der Waals surface area contributed by atoms with E-state index in [4.69, 9.17) is 4.74 Å². The van der Waals surface area contributed by atoms with Crippen molar-refractivity contribution in [1.29, 1.82) is 0 Å². The fourth-order valence-electron chi connectivity index (χ4n) is 4.22. The number of carbonyl (C=O) groups excluding carboxylic acids is 1. The molecule has 98 valence electrons. The lowest BCUT2D eigenvalue weighted by atomic mass is 9.55. The van der Waals surface area contributed by atoms with Gasteiger partial charge in [0.15, 0.2) is 0 Å². The minimum Gasteiger partial charge on any atom is -0.453 e. The summed E-state index contributed by atoms with van der Waals surface area (Å²) in [5, 5.41) is 0. The van der Waals surface area contributed by atoms with Gasteiger partial charge in [-0.25, -0.2) is 4.79 Å². The fourth-order valence-corrected chi connectivity index (χ4v) is 4.22. The maximum Gasteiger partial charge on any atom is 0.334 e. The molecule has 3 atom stereocenters. The minimum atomic E-state index is -0.183. The van der Waals surface area contributed by atoms with Crippen molar-refractivity contribution in [2.24, 2.45) is 10.8 Å². The Morgan fingerprint density at radius 2 is 2.00 bits per heavy atom. The molecule has 2 aliphatic carbocycles. The van der Waals surface area contributed by atoms with Crippen LogP contribution < -0.4 is 0 Å². The number of ether oxygens (including phenoxy) is 1. The quantitative estimate of drug-likeness (QED) is 0.369. The van der Waals surface area contributed by atoms with Crippen LogP contribution in [0.15, 0.2) is 23.3 Å². The molecule has 1 heterocycles. The molecule has 0 aromatic rings. The zero-order valence-corrected chi connectivity index (χ0v) is 11.6. The summed E-state index contributed by atoms with van der Waals surface area (Å²) in [6.45, 7) is 10.7. The first-order valence-electron chi connectivity index (χ1n) is 6.99. The lowest BCUT2D eigenvalue weighted by Gasteiger charge is -2.49. The van der Waals surface area contributed by atoms with Crippen molar-refractivity contribution in [3.8, 4) is 0 Å². The number of hydrogen-bond acceptors (Lipinski definition) is 2. The first-order valence-corrected chi connectivity index (χ1v) is 6.99. The third-order valence-corrected chi connectivity index (χ3v) is 5.59. The van der Waals surface area contributed by atoms with E-state index >= 15 is 0 Å². The topological polar surface area (TPSA) is 26.3 Å². The maximum absolute atomic E-state index is 11.9. The first kappa shape index (κ1) is 12.0. The Kier molecular flexibility index (Phi) is 2.33. The summed E-state index contributed by atoms with van der Waals surface area (Å²) >= 11 is 0. The zero-order valence-electron chi connectivity index (χ0n) is 11.6. The van der Waals surface area contributed by atoms with Crippen molar-refractivity contribution in [3.63, 3.8) is 0 Å². The monoisotopic (exact) mass is 246 g/mol. The summed E-state index contributed by atoms with van der Waals surface area (Å²) in [4.78, 5) is 11.9. The summed E-state index contributed by atoms with van der Waals surface area (Å²) in [7, 11) is 0. The molecular formula is C16H22O2. The summed E-state index contributed by atoms with van der Waals surface area (Å²) in [5.41, 5.74) is 3.62. The predicted octanol–water partition coefficient (Wildman–Crippen LogP) is 3.77. The van der Waals surface area contributed by atoms with Crippen LogP contribution >= 0.6 is 0 Å². The fraction of sp³-hybridized carbons (Fsp3) is 0.688. The van der Waals surface area contributed by atoms with Crippen molar-refractivity contribution < 1.29 is 9.53 Å². The third-order valence-electron chi connectivity index (χ3n) is 5.59. The molecule has 1 aliphatic heterocycles. The Labute approximate surface area is 109 Å². The Balaban J connectivity index is 2.13. The van der Waals surface area contributed by atoms with E-state index in [1.54, 1.807) is 0 Å². The zero-order chi connectivity index (χ0) is 13.1. The van der Waals surface area contributed by atoms with Crippen LogP contribution in [0.4, 0.5) is 0 Å². The molecule has 2 fully saturated rings. The second-order valence-corrected chi connectivity index (χ2v) is 6.79. The molecule has 0 N–H and O–H groups in total. The van der Waals surface area contributed by atoms with Gasteiger partial charge in [0, 0.05) is 11.0 Å². The number of hydrogen-bond donors (Lipinski definition) is 0. The van der Waals surface area contributed by atoms with Crippen molar-refractivity contribution in [2.75, 3.05) is 0 Å². The Morgan fingerprint density at radius 1 is 1.28 bits per heavy atom. The van der Waals surface area contributed by atoms with E-state index in [1.165, 1.54) is 24.0 Å². The molecule has 3 aliphatic rings. The molecule has 2 heteroatoms. The van der Waals surface area contributed by atoms with Crippen molar-refractivity contribution in [1.82, 2.24) is 0 Å². The molecular weight excluding hydrogens is 224 g/mol. The second kappa shape index (κ2) is 3.49. The predicted molar refractivity (Wildman–Crippen MR) is 71.0 cm³/mol. The van der Waals surface area contributed by atoms with Crippen LogP contribution in [0.25, 0.3) is 0 Å². The summed E-state index contributed by atoms with van der Waals surface area (Å²) in [6, 6.07) is 0. The summed E-state index contributed by atoms with van der Waals surface area (Å²) < 4.78 is 5.69. The SMILES string of the molecule is C=C1C(=O)O[C@H]2C3=C(C)CCC[C@]3(C)CC[C@@]12C. The van der Waals surface area contributed by atoms with Gasteiger partial charge in [0.2, 0.25) is 0 Å². The van der Waals surface area contributed by atoms with Crippen molar-refractivity contribution in [3.05, 3.63) is 23.3 Å². The highest BCUT2D eigenvalue weighted by molar-refractivity contribution is 5.92. The number of esters is 1. The van der Waals surface area contributed by atoms with Gasteiger partial charge in [0.1, 0.15) is 6.10 Å². The van der Waals surface area contributed by atoms with Gasteiger partial charge in [-0.15, -0.1) is 0 Å². The van der Waals surface area contributed by atoms with Gasteiger partial charge < -0.3 is 4.74 Å². The van der Waals surface area contributed by atoms with Gasteiger partial charge in [0.05, 0.1) is 0 Å². The largest absolute Gasteiger partial charge is 0.453 e. The first-order chi connectivity index (χ1) is 8.38. The molecule has 1 saturated heterocycles.